The van der Waals surface area contributed by atoms with Crippen LogP contribution < -0.4 is 0 Å². The Labute approximate surface area is 193 Å². The first-order valence-electron chi connectivity index (χ1n) is 10.1. The molecule has 0 saturated carbocycles. The monoisotopic (exact) mass is 487 g/mol. The lowest BCUT2D eigenvalue weighted by Gasteiger charge is -2.37. The number of benzene rings is 2. The lowest BCUT2D eigenvalue weighted by molar-refractivity contribution is -0.137. The van der Waals surface area contributed by atoms with Crippen LogP contribution in [0.3, 0.4) is 0 Å². The van der Waals surface area contributed by atoms with Crippen LogP contribution in [0.2, 0.25) is 10.0 Å². The molecule has 2 aromatic rings. The summed E-state index contributed by atoms with van der Waals surface area (Å²) in [7, 11) is 0. The van der Waals surface area contributed by atoms with Crippen molar-refractivity contribution in [3.05, 3.63) is 69.2 Å². The highest BCUT2D eigenvalue weighted by Gasteiger charge is 2.39. The molecule has 0 aromatic heterocycles. The number of aliphatic hydroxyl groups is 1. The first-order chi connectivity index (χ1) is 15.0. The van der Waals surface area contributed by atoms with Crippen molar-refractivity contribution in [1.29, 1.82) is 0 Å². The van der Waals surface area contributed by atoms with E-state index in [0.29, 0.717) is 36.6 Å². The van der Waals surface area contributed by atoms with Gasteiger partial charge in [0.2, 0.25) is 0 Å². The Morgan fingerprint density at radius 3 is 2.31 bits per heavy atom. The van der Waals surface area contributed by atoms with Crippen molar-refractivity contribution in [3.8, 4) is 0 Å². The summed E-state index contributed by atoms with van der Waals surface area (Å²) in [5.41, 5.74) is -2.01. The second kappa shape index (κ2) is 9.91. The number of carbonyl (C=O) groups excluding carboxylic acids is 2. The second-order valence-electron chi connectivity index (χ2n) is 7.94. The third-order valence-corrected chi connectivity index (χ3v) is 6.42. The molecule has 0 radical (unpaired) electrons. The van der Waals surface area contributed by atoms with Gasteiger partial charge in [-0.25, -0.2) is 0 Å². The number of alkyl halides is 3. The van der Waals surface area contributed by atoms with Crippen LogP contribution in [-0.4, -0.2) is 46.8 Å². The number of nitrogens with zero attached hydrogens (tertiary/aromatic N) is 1. The Morgan fingerprint density at radius 2 is 1.69 bits per heavy atom. The topological polar surface area (TPSA) is 57.6 Å². The van der Waals surface area contributed by atoms with E-state index in [2.05, 4.69) is 0 Å². The van der Waals surface area contributed by atoms with Crippen LogP contribution in [0.5, 0.6) is 0 Å². The van der Waals surface area contributed by atoms with E-state index < -0.39 is 23.1 Å². The predicted octanol–water partition coefficient (Wildman–Crippen LogP) is 5.68. The molecule has 1 aliphatic heterocycles. The predicted molar refractivity (Wildman–Crippen MR) is 116 cm³/mol. The van der Waals surface area contributed by atoms with Gasteiger partial charge in [-0.3, -0.25) is 9.59 Å². The highest BCUT2D eigenvalue weighted by atomic mass is 35.5. The van der Waals surface area contributed by atoms with E-state index in [1.807, 2.05) is 4.90 Å². The van der Waals surface area contributed by atoms with E-state index in [4.69, 9.17) is 23.2 Å². The molecule has 1 fully saturated rings. The fourth-order valence-electron chi connectivity index (χ4n) is 3.76. The van der Waals surface area contributed by atoms with E-state index in [1.54, 1.807) is 0 Å². The summed E-state index contributed by atoms with van der Waals surface area (Å²) in [5, 5.41) is 11.4. The lowest BCUT2D eigenvalue weighted by Crippen LogP contribution is -2.49. The van der Waals surface area contributed by atoms with Crippen molar-refractivity contribution < 1.29 is 27.9 Å². The summed E-state index contributed by atoms with van der Waals surface area (Å²) >= 11 is 11.8. The summed E-state index contributed by atoms with van der Waals surface area (Å²) < 4.78 is 38.4. The molecule has 3 rings (SSSR count). The standard InChI is InChI=1S/C23H22Cl2F3NO3/c24-18-7-6-16(14-19(18)25)21(31)22(32)8-11-29(12-9-22)10-2-5-20(30)15-3-1-4-17(13-15)23(26,27)28/h1,3-4,6-7,13-14,32H,2,5,8-12H2. The van der Waals surface area contributed by atoms with Gasteiger partial charge >= 0.3 is 6.18 Å². The van der Waals surface area contributed by atoms with Crippen molar-refractivity contribution in [2.75, 3.05) is 19.6 Å². The highest BCUT2D eigenvalue weighted by molar-refractivity contribution is 6.42. The van der Waals surface area contributed by atoms with Crippen molar-refractivity contribution in [2.45, 2.75) is 37.5 Å². The Bertz CT molecular complexity index is 1000. The minimum absolute atomic E-state index is 0.0417. The van der Waals surface area contributed by atoms with E-state index in [-0.39, 0.29) is 35.6 Å². The molecule has 1 N–H and O–H groups in total. The van der Waals surface area contributed by atoms with E-state index in [9.17, 15) is 27.9 Å². The molecule has 32 heavy (non-hydrogen) atoms. The summed E-state index contributed by atoms with van der Waals surface area (Å²) in [4.78, 5) is 27.1. The molecule has 1 heterocycles. The lowest BCUT2D eigenvalue weighted by atomic mass is 9.84. The van der Waals surface area contributed by atoms with Crippen molar-refractivity contribution >= 4 is 34.8 Å². The van der Waals surface area contributed by atoms with Crippen LogP contribution >= 0.6 is 23.2 Å². The number of carbonyl (C=O) groups is 2. The van der Waals surface area contributed by atoms with Gasteiger partial charge in [-0.1, -0.05) is 35.3 Å². The number of piperidine rings is 1. The third kappa shape index (κ3) is 5.90. The molecule has 0 unspecified atom stereocenters. The molecule has 1 aliphatic rings. The SMILES string of the molecule is O=C(CCCN1CCC(O)(C(=O)c2ccc(Cl)c(Cl)c2)CC1)c1cccc(C(F)(F)F)c1. The fraction of sp³-hybridized carbons (Fsp3) is 0.391. The molecule has 0 spiro atoms. The Hall–Kier alpha value is -1.93. The fourth-order valence-corrected chi connectivity index (χ4v) is 4.05. The zero-order valence-corrected chi connectivity index (χ0v) is 18.6. The van der Waals surface area contributed by atoms with Crippen LogP contribution in [0.1, 0.15) is 52.0 Å². The molecular formula is C23H22Cl2F3NO3. The maximum absolute atomic E-state index is 12.8. The molecule has 0 aliphatic carbocycles. The summed E-state index contributed by atoms with van der Waals surface area (Å²) in [6, 6.07) is 8.90. The molecule has 0 bridgehead atoms. The maximum Gasteiger partial charge on any atom is 0.416 e. The number of rotatable bonds is 7. The number of Topliss-reactive ketones (excluding diaryl/α,β-unsaturated/α-hetero) is 2. The first kappa shape index (κ1) is 24.7. The molecule has 2 aromatic carbocycles. The van der Waals surface area contributed by atoms with Crippen LogP contribution in [-0.2, 0) is 6.18 Å². The van der Waals surface area contributed by atoms with Crippen LogP contribution in [0, 0.1) is 0 Å². The van der Waals surface area contributed by atoms with Crippen molar-refractivity contribution in [1.82, 2.24) is 4.90 Å². The Balaban J connectivity index is 1.49. The first-order valence-corrected chi connectivity index (χ1v) is 10.9. The molecular weight excluding hydrogens is 466 g/mol. The zero-order chi connectivity index (χ0) is 23.5. The number of likely N-dealkylation sites (tertiary alicyclic amines) is 1. The Kier molecular flexibility index (Phi) is 7.65. The molecule has 0 atom stereocenters. The average molecular weight is 488 g/mol. The highest BCUT2D eigenvalue weighted by Crippen LogP contribution is 2.31. The molecule has 9 heteroatoms. The minimum Gasteiger partial charge on any atom is -0.382 e. The zero-order valence-electron chi connectivity index (χ0n) is 17.1. The number of hydrogen-bond donors (Lipinski definition) is 1. The minimum atomic E-state index is -4.49. The van der Waals surface area contributed by atoms with E-state index in [0.717, 1.165) is 12.1 Å². The van der Waals surface area contributed by atoms with Crippen LogP contribution in [0.4, 0.5) is 13.2 Å². The van der Waals surface area contributed by atoms with Crippen LogP contribution in [0.25, 0.3) is 0 Å². The van der Waals surface area contributed by atoms with Crippen molar-refractivity contribution in [3.63, 3.8) is 0 Å². The van der Waals surface area contributed by atoms with Gasteiger partial charge < -0.3 is 10.0 Å². The number of hydrogen-bond acceptors (Lipinski definition) is 4. The molecule has 4 nitrogen and oxygen atoms in total. The molecule has 1 saturated heterocycles. The quantitative estimate of drug-likeness (QED) is 0.510. The number of ketones is 2. The molecule has 172 valence electrons. The summed E-state index contributed by atoms with van der Waals surface area (Å²) in [6.07, 6.45) is -3.45. The largest absolute Gasteiger partial charge is 0.416 e. The summed E-state index contributed by atoms with van der Waals surface area (Å²) in [5.74, 6) is -0.755. The normalized spacial score (nSPS) is 16.7. The van der Waals surface area contributed by atoms with Gasteiger partial charge in [0, 0.05) is 30.6 Å². The number of halogens is 5. The second-order valence-corrected chi connectivity index (χ2v) is 8.75. The van der Waals surface area contributed by atoms with Gasteiger partial charge in [0.1, 0.15) is 5.60 Å². The van der Waals surface area contributed by atoms with Crippen LogP contribution in [0.15, 0.2) is 42.5 Å². The van der Waals surface area contributed by atoms with Gasteiger partial charge in [0.15, 0.2) is 11.6 Å². The van der Waals surface area contributed by atoms with Gasteiger partial charge in [-0.05, 0) is 56.1 Å². The van der Waals surface area contributed by atoms with Gasteiger partial charge in [-0.15, -0.1) is 0 Å². The average Bonchev–Trinajstić information content (AvgIpc) is 2.76. The smallest absolute Gasteiger partial charge is 0.382 e. The molecule has 0 amide bonds. The maximum atomic E-state index is 12.8. The Morgan fingerprint density at radius 1 is 1.00 bits per heavy atom. The van der Waals surface area contributed by atoms with Crippen molar-refractivity contribution in [2.24, 2.45) is 0 Å². The van der Waals surface area contributed by atoms with Gasteiger partial charge in [0.05, 0.1) is 15.6 Å². The van der Waals surface area contributed by atoms with Gasteiger partial charge in [0.25, 0.3) is 0 Å². The van der Waals surface area contributed by atoms with E-state index in [1.165, 1.54) is 30.3 Å². The van der Waals surface area contributed by atoms with E-state index >= 15 is 0 Å². The van der Waals surface area contributed by atoms with Gasteiger partial charge in [-0.2, -0.15) is 13.2 Å². The third-order valence-electron chi connectivity index (χ3n) is 5.68. The summed E-state index contributed by atoms with van der Waals surface area (Å²) in [6.45, 7) is 1.46.